The zero-order valence-electron chi connectivity index (χ0n) is 10.00. The molecule has 0 radical (unpaired) electrons. The van der Waals surface area contributed by atoms with Crippen LogP contribution in [0.2, 0.25) is 0 Å². The average Bonchev–Trinajstić information content (AvgIpc) is 2.94. The number of carbonyl (C=O) groups is 2. The van der Waals surface area contributed by atoms with Crippen LogP contribution in [-0.4, -0.2) is 39.0 Å². The first kappa shape index (κ1) is 12.6. The predicted molar refractivity (Wildman–Crippen MR) is 60.6 cm³/mol. The maximum atomic E-state index is 11.7. The minimum Gasteiger partial charge on any atom is -0.479 e. The number of carbonyl (C=O) groups excluding carboxylic acids is 1. The van der Waals surface area contributed by atoms with Crippen LogP contribution in [0.1, 0.15) is 18.5 Å². The molecule has 0 saturated carbocycles. The molecule has 1 saturated heterocycles. The molecule has 2 atom stereocenters. The lowest BCUT2D eigenvalue weighted by atomic mass is 10.2. The summed E-state index contributed by atoms with van der Waals surface area (Å²) in [7, 11) is 1.79. The number of hydrogen-bond acceptors (Lipinski definition) is 4. The summed E-state index contributed by atoms with van der Waals surface area (Å²) in [6.45, 7) is 0.317. The molecule has 0 aromatic carbocycles. The molecule has 98 valence electrons. The maximum Gasteiger partial charge on any atom is 0.332 e. The highest BCUT2D eigenvalue weighted by molar-refractivity contribution is 5.82. The highest BCUT2D eigenvalue weighted by atomic mass is 16.5. The molecule has 1 aromatic heterocycles. The summed E-state index contributed by atoms with van der Waals surface area (Å²) in [6, 6.07) is 1.80. The van der Waals surface area contributed by atoms with Crippen LogP contribution in [0.3, 0.4) is 0 Å². The van der Waals surface area contributed by atoms with Crippen LogP contribution in [0.5, 0.6) is 0 Å². The van der Waals surface area contributed by atoms with Gasteiger partial charge >= 0.3 is 5.97 Å². The number of carboxylic acids is 1. The molecule has 1 aliphatic rings. The van der Waals surface area contributed by atoms with Gasteiger partial charge in [0.05, 0.1) is 12.2 Å². The number of ether oxygens (including phenoxy) is 1. The van der Waals surface area contributed by atoms with Crippen LogP contribution in [0, 0.1) is 0 Å². The van der Waals surface area contributed by atoms with Crippen LogP contribution < -0.4 is 5.32 Å². The standard InChI is InChI=1S/C11H15N3O4/c1-14-5-4-7(13-14)6-12-10(15)8-2-3-9(18-8)11(16)17/h4-5,8-9H,2-3,6H2,1H3,(H,12,15)(H,16,17). The third-order valence-electron chi connectivity index (χ3n) is 2.80. The van der Waals surface area contributed by atoms with Gasteiger partial charge in [-0.2, -0.15) is 5.10 Å². The molecule has 0 bridgehead atoms. The van der Waals surface area contributed by atoms with E-state index < -0.39 is 18.2 Å². The third kappa shape index (κ3) is 2.86. The Hall–Kier alpha value is -1.89. The normalized spacial score (nSPS) is 22.9. The van der Waals surface area contributed by atoms with E-state index in [0.717, 1.165) is 5.69 Å². The SMILES string of the molecule is Cn1ccc(CNC(=O)C2CCC(C(=O)O)O2)n1. The van der Waals surface area contributed by atoms with Crippen LogP contribution in [-0.2, 0) is 27.9 Å². The van der Waals surface area contributed by atoms with Crippen molar-refractivity contribution in [2.24, 2.45) is 7.05 Å². The monoisotopic (exact) mass is 253 g/mol. The second-order valence-corrected chi connectivity index (χ2v) is 4.23. The lowest BCUT2D eigenvalue weighted by Crippen LogP contribution is -2.35. The summed E-state index contributed by atoms with van der Waals surface area (Å²) in [5, 5.41) is 15.6. The first-order valence-corrected chi connectivity index (χ1v) is 5.71. The molecular formula is C11H15N3O4. The maximum absolute atomic E-state index is 11.7. The fourth-order valence-corrected chi connectivity index (χ4v) is 1.86. The molecule has 2 unspecified atom stereocenters. The third-order valence-corrected chi connectivity index (χ3v) is 2.80. The van der Waals surface area contributed by atoms with Crippen molar-refractivity contribution in [2.45, 2.75) is 31.6 Å². The minimum absolute atomic E-state index is 0.288. The van der Waals surface area contributed by atoms with E-state index in [1.165, 1.54) is 0 Å². The molecule has 1 amide bonds. The molecule has 0 spiro atoms. The van der Waals surface area contributed by atoms with Gasteiger partial charge in [0.25, 0.3) is 0 Å². The van der Waals surface area contributed by atoms with Crippen LogP contribution in [0.15, 0.2) is 12.3 Å². The molecule has 2 rings (SSSR count). The second-order valence-electron chi connectivity index (χ2n) is 4.23. The molecule has 0 aliphatic carbocycles. The van der Waals surface area contributed by atoms with E-state index in [4.69, 9.17) is 9.84 Å². The number of aromatic nitrogens is 2. The number of aryl methyl sites for hydroxylation is 1. The topological polar surface area (TPSA) is 93.5 Å². The Kier molecular flexibility index (Phi) is 3.61. The largest absolute Gasteiger partial charge is 0.479 e. The number of nitrogens with one attached hydrogen (secondary N) is 1. The zero-order chi connectivity index (χ0) is 13.1. The van der Waals surface area contributed by atoms with Crippen molar-refractivity contribution in [3.05, 3.63) is 18.0 Å². The van der Waals surface area contributed by atoms with Gasteiger partial charge in [0.2, 0.25) is 5.91 Å². The van der Waals surface area contributed by atoms with Crippen LogP contribution in [0.4, 0.5) is 0 Å². The van der Waals surface area contributed by atoms with E-state index in [1.807, 2.05) is 0 Å². The van der Waals surface area contributed by atoms with Crippen LogP contribution >= 0.6 is 0 Å². The molecule has 7 nitrogen and oxygen atoms in total. The summed E-state index contributed by atoms with van der Waals surface area (Å²) in [5.74, 6) is -1.31. The van der Waals surface area contributed by atoms with Crippen molar-refractivity contribution >= 4 is 11.9 Å². The van der Waals surface area contributed by atoms with Crippen molar-refractivity contribution in [3.63, 3.8) is 0 Å². The summed E-state index contributed by atoms with van der Waals surface area (Å²) >= 11 is 0. The van der Waals surface area contributed by atoms with Gasteiger partial charge in [0.1, 0.15) is 6.10 Å². The van der Waals surface area contributed by atoms with Crippen molar-refractivity contribution in [2.75, 3.05) is 0 Å². The van der Waals surface area contributed by atoms with E-state index in [9.17, 15) is 9.59 Å². The highest BCUT2D eigenvalue weighted by Gasteiger charge is 2.34. The van der Waals surface area contributed by atoms with Gasteiger partial charge in [-0.05, 0) is 18.9 Å². The zero-order valence-corrected chi connectivity index (χ0v) is 10.00. The van der Waals surface area contributed by atoms with E-state index in [2.05, 4.69) is 10.4 Å². The van der Waals surface area contributed by atoms with E-state index in [-0.39, 0.29) is 5.91 Å². The number of nitrogens with zero attached hydrogens (tertiary/aromatic N) is 2. The van der Waals surface area contributed by atoms with Crippen molar-refractivity contribution < 1.29 is 19.4 Å². The molecule has 2 N–H and O–H groups in total. The summed E-state index contributed by atoms with van der Waals surface area (Å²) in [6.07, 6.45) is 1.06. The fourth-order valence-electron chi connectivity index (χ4n) is 1.86. The molecular weight excluding hydrogens is 238 g/mol. The highest BCUT2D eigenvalue weighted by Crippen LogP contribution is 2.19. The first-order chi connectivity index (χ1) is 8.56. The smallest absolute Gasteiger partial charge is 0.332 e. The quantitative estimate of drug-likeness (QED) is 0.766. The van der Waals surface area contributed by atoms with Gasteiger partial charge in [-0.25, -0.2) is 4.79 Å². The van der Waals surface area contributed by atoms with Gasteiger partial charge in [0.15, 0.2) is 6.10 Å². The Morgan fingerprint density at radius 1 is 1.56 bits per heavy atom. The Balaban J connectivity index is 1.80. The minimum atomic E-state index is -1.02. The lowest BCUT2D eigenvalue weighted by Gasteiger charge is -2.10. The van der Waals surface area contributed by atoms with E-state index in [1.54, 1.807) is 24.0 Å². The van der Waals surface area contributed by atoms with Gasteiger partial charge in [-0.1, -0.05) is 0 Å². The average molecular weight is 253 g/mol. The van der Waals surface area contributed by atoms with Crippen molar-refractivity contribution in [3.8, 4) is 0 Å². The van der Waals surface area contributed by atoms with E-state index in [0.29, 0.717) is 19.4 Å². The fraction of sp³-hybridized carbons (Fsp3) is 0.545. The van der Waals surface area contributed by atoms with Gasteiger partial charge in [0, 0.05) is 13.2 Å². The molecule has 2 heterocycles. The van der Waals surface area contributed by atoms with Crippen LogP contribution in [0.25, 0.3) is 0 Å². The lowest BCUT2D eigenvalue weighted by molar-refractivity contribution is -0.151. The number of rotatable bonds is 4. The predicted octanol–water partition coefficient (Wildman–Crippen LogP) is -0.331. The van der Waals surface area contributed by atoms with Gasteiger partial charge in [-0.3, -0.25) is 9.48 Å². The first-order valence-electron chi connectivity index (χ1n) is 5.71. The molecule has 18 heavy (non-hydrogen) atoms. The summed E-state index contributed by atoms with van der Waals surface area (Å²) in [4.78, 5) is 22.4. The van der Waals surface area contributed by atoms with Crippen molar-refractivity contribution in [1.29, 1.82) is 0 Å². The second kappa shape index (κ2) is 5.18. The molecule has 1 aromatic rings. The Morgan fingerprint density at radius 3 is 2.83 bits per heavy atom. The molecule has 1 aliphatic heterocycles. The summed E-state index contributed by atoms with van der Waals surface area (Å²) in [5.41, 5.74) is 0.749. The van der Waals surface area contributed by atoms with E-state index >= 15 is 0 Å². The Morgan fingerprint density at radius 2 is 2.28 bits per heavy atom. The van der Waals surface area contributed by atoms with Gasteiger partial charge < -0.3 is 15.2 Å². The molecule has 1 fully saturated rings. The Bertz CT molecular complexity index is 457. The van der Waals surface area contributed by atoms with Gasteiger partial charge in [-0.15, -0.1) is 0 Å². The molecule has 7 heteroatoms. The Labute approximate surface area is 104 Å². The number of hydrogen-bond donors (Lipinski definition) is 2. The summed E-state index contributed by atoms with van der Waals surface area (Å²) < 4.78 is 6.79. The number of aliphatic carboxylic acids is 1. The van der Waals surface area contributed by atoms with Crippen molar-refractivity contribution in [1.82, 2.24) is 15.1 Å². The number of carboxylic acid groups (broad SMARTS) is 1. The number of amides is 1.